The SMILES string of the molecule is COc1ccc2c(c1)OC[C@H](C(=O)OCC(=O)N1C[C@H](C)C[C@H](C)C1)C2. The van der Waals surface area contributed by atoms with Gasteiger partial charge in [-0.25, -0.2) is 0 Å². The first kappa shape index (κ1) is 18.5. The van der Waals surface area contributed by atoms with E-state index in [9.17, 15) is 9.59 Å². The second-order valence-electron chi connectivity index (χ2n) is 7.54. The highest BCUT2D eigenvalue weighted by Gasteiger charge is 2.30. The van der Waals surface area contributed by atoms with Crippen LogP contribution in [0.15, 0.2) is 18.2 Å². The minimum atomic E-state index is -0.386. The van der Waals surface area contributed by atoms with Gasteiger partial charge in [-0.1, -0.05) is 19.9 Å². The largest absolute Gasteiger partial charge is 0.497 e. The summed E-state index contributed by atoms with van der Waals surface area (Å²) in [5, 5.41) is 0. The Morgan fingerprint density at radius 1 is 1.23 bits per heavy atom. The summed E-state index contributed by atoms with van der Waals surface area (Å²) in [4.78, 5) is 26.5. The van der Waals surface area contributed by atoms with E-state index in [1.54, 1.807) is 7.11 Å². The summed E-state index contributed by atoms with van der Waals surface area (Å²) in [5.74, 6) is 1.55. The van der Waals surface area contributed by atoms with E-state index in [0.717, 1.165) is 36.6 Å². The second kappa shape index (κ2) is 7.98. The second-order valence-corrected chi connectivity index (χ2v) is 7.54. The Balaban J connectivity index is 1.51. The molecule has 3 rings (SSSR count). The number of ether oxygens (including phenoxy) is 3. The van der Waals surface area contributed by atoms with Crippen molar-refractivity contribution in [3.8, 4) is 11.5 Å². The molecule has 0 radical (unpaired) electrons. The maximum atomic E-state index is 12.3. The first-order valence-electron chi connectivity index (χ1n) is 9.20. The number of esters is 1. The van der Waals surface area contributed by atoms with Crippen LogP contribution in [-0.4, -0.2) is 50.2 Å². The molecule has 1 aromatic carbocycles. The van der Waals surface area contributed by atoms with Crippen LogP contribution in [-0.2, 0) is 20.7 Å². The molecule has 1 aromatic rings. The van der Waals surface area contributed by atoms with Crippen molar-refractivity contribution in [1.82, 2.24) is 4.90 Å². The molecule has 2 aliphatic rings. The fourth-order valence-corrected chi connectivity index (χ4v) is 3.84. The van der Waals surface area contributed by atoms with Crippen molar-refractivity contribution in [2.45, 2.75) is 26.7 Å². The van der Waals surface area contributed by atoms with Crippen LogP contribution in [0.2, 0.25) is 0 Å². The Labute approximate surface area is 154 Å². The van der Waals surface area contributed by atoms with E-state index in [1.807, 2.05) is 23.1 Å². The zero-order valence-electron chi connectivity index (χ0n) is 15.7. The van der Waals surface area contributed by atoms with Gasteiger partial charge in [0.1, 0.15) is 18.1 Å². The van der Waals surface area contributed by atoms with Crippen molar-refractivity contribution in [2.75, 3.05) is 33.4 Å². The molecule has 0 saturated carbocycles. The summed E-state index contributed by atoms with van der Waals surface area (Å²) in [6.07, 6.45) is 1.68. The van der Waals surface area contributed by atoms with Gasteiger partial charge in [-0.2, -0.15) is 0 Å². The lowest BCUT2D eigenvalue weighted by atomic mass is 9.92. The fraction of sp³-hybridized carbons (Fsp3) is 0.600. The number of methoxy groups -OCH3 is 1. The Morgan fingerprint density at radius 2 is 1.96 bits per heavy atom. The molecular formula is C20H27NO5. The van der Waals surface area contributed by atoms with E-state index in [4.69, 9.17) is 14.2 Å². The fourth-order valence-electron chi connectivity index (χ4n) is 3.84. The van der Waals surface area contributed by atoms with Crippen molar-refractivity contribution in [1.29, 1.82) is 0 Å². The molecular weight excluding hydrogens is 334 g/mol. The topological polar surface area (TPSA) is 65.1 Å². The number of fused-ring (bicyclic) bond motifs is 1. The van der Waals surface area contributed by atoms with Crippen LogP contribution in [0.25, 0.3) is 0 Å². The van der Waals surface area contributed by atoms with Crippen molar-refractivity contribution < 1.29 is 23.8 Å². The monoisotopic (exact) mass is 361 g/mol. The summed E-state index contributed by atoms with van der Waals surface area (Å²) in [5.41, 5.74) is 0.948. The molecule has 6 nitrogen and oxygen atoms in total. The van der Waals surface area contributed by atoms with Gasteiger partial charge in [-0.3, -0.25) is 9.59 Å². The molecule has 6 heteroatoms. The summed E-state index contributed by atoms with van der Waals surface area (Å²) in [6, 6.07) is 5.56. The maximum Gasteiger partial charge on any atom is 0.313 e. The number of hydrogen-bond donors (Lipinski definition) is 0. The predicted molar refractivity (Wildman–Crippen MR) is 96.2 cm³/mol. The van der Waals surface area contributed by atoms with Crippen LogP contribution in [0.3, 0.4) is 0 Å². The van der Waals surface area contributed by atoms with Crippen LogP contribution in [0.1, 0.15) is 25.8 Å². The molecule has 0 aliphatic carbocycles. The number of piperidine rings is 1. The van der Waals surface area contributed by atoms with Crippen LogP contribution in [0.4, 0.5) is 0 Å². The molecule has 0 bridgehead atoms. The molecule has 2 heterocycles. The lowest BCUT2D eigenvalue weighted by Crippen LogP contribution is -2.44. The number of carbonyl (C=O) groups excluding carboxylic acids is 2. The molecule has 1 fully saturated rings. The van der Waals surface area contributed by atoms with Gasteiger partial charge in [-0.15, -0.1) is 0 Å². The van der Waals surface area contributed by atoms with Gasteiger partial charge in [0.2, 0.25) is 0 Å². The summed E-state index contributed by atoms with van der Waals surface area (Å²) >= 11 is 0. The van der Waals surface area contributed by atoms with Gasteiger partial charge in [0.25, 0.3) is 5.91 Å². The highest BCUT2D eigenvalue weighted by atomic mass is 16.5. The van der Waals surface area contributed by atoms with E-state index in [0.29, 0.717) is 18.3 Å². The highest BCUT2D eigenvalue weighted by molar-refractivity contribution is 5.81. The molecule has 2 aliphatic heterocycles. The number of carbonyl (C=O) groups is 2. The molecule has 26 heavy (non-hydrogen) atoms. The molecule has 3 atom stereocenters. The van der Waals surface area contributed by atoms with Gasteiger partial charge < -0.3 is 19.1 Å². The Kier molecular flexibility index (Phi) is 5.69. The van der Waals surface area contributed by atoms with E-state index in [2.05, 4.69) is 13.8 Å². The average Bonchev–Trinajstić information content (AvgIpc) is 2.64. The van der Waals surface area contributed by atoms with Crippen molar-refractivity contribution >= 4 is 11.9 Å². The average molecular weight is 361 g/mol. The normalized spacial score (nSPS) is 25.0. The minimum Gasteiger partial charge on any atom is -0.497 e. The highest BCUT2D eigenvalue weighted by Crippen LogP contribution is 2.31. The molecule has 1 saturated heterocycles. The Bertz CT molecular complexity index is 664. The molecule has 0 unspecified atom stereocenters. The molecule has 0 N–H and O–H groups in total. The van der Waals surface area contributed by atoms with E-state index in [-0.39, 0.29) is 31.0 Å². The first-order chi connectivity index (χ1) is 12.5. The lowest BCUT2D eigenvalue weighted by molar-refractivity contribution is -0.157. The molecule has 0 spiro atoms. The third kappa shape index (κ3) is 4.29. The quantitative estimate of drug-likeness (QED) is 0.770. The smallest absolute Gasteiger partial charge is 0.313 e. The Morgan fingerprint density at radius 3 is 2.65 bits per heavy atom. The van der Waals surface area contributed by atoms with Crippen LogP contribution < -0.4 is 9.47 Å². The van der Waals surface area contributed by atoms with Gasteiger partial charge in [0, 0.05) is 19.2 Å². The summed E-state index contributed by atoms with van der Waals surface area (Å²) in [6.45, 7) is 5.83. The van der Waals surface area contributed by atoms with Crippen molar-refractivity contribution in [2.24, 2.45) is 17.8 Å². The number of rotatable bonds is 4. The van der Waals surface area contributed by atoms with Gasteiger partial charge in [0.05, 0.1) is 13.0 Å². The summed E-state index contributed by atoms with van der Waals surface area (Å²) in [7, 11) is 1.60. The van der Waals surface area contributed by atoms with E-state index < -0.39 is 0 Å². The number of benzene rings is 1. The minimum absolute atomic E-state index is 0.112. The lowest BCUT2D eigenvalue weighted by Gasteiger charge is -2.35. The number of amides is 1. The molecule has 1 amide bonds. The van der Waals surface area contributed by atoms with E-state index >= 15 is 0 Å². The van der Waals surface area contributed by atoms with Crippen LogP contribution in [0, 0.1) is 17.8 Å². The zero-order valence-corrected chi connectivity index (χ0v) is 15.7. The Hall–Kier alpha value is -2.24. The van der Waals surface area contributed by atoms with Gasteiger partial charge in [0.15, 0.2) is 6.61 Å². The third-order valence-corrected chi connectivity index (χ3v) is 5.07. The predicted octanol–water partition coefficient (Wildman–Crippen LogP) is 2.29. The zero-order chi connectivity index (χ0) is 18.7. The number of nitrogens with zero attached hydrogens (tertiary/aromatic N) is 1. The standard InChI is InChI=1S/C20H27NO5/c1-13-6-14(2)10-21(9-13)19(22)12-26-20(23)16-7-15-4-5-17(24-3)8-18(15)25-11-16/h4-5,8,13-14,16H,6-7,9-12H2,1-3H3/t13-,14+,16-/m1/s1. The maximum absolute atomic E-state index is 12.3. The van der Waals surface area contributed by atoms with Crippen LogP contribution >= 0.6 is 0 Å². The van der Waals surface area contributed by atoms with Crippen molar-refractivity contribution in [3.05, 3.63) is 23.8 Å². The first-order valence-corrected chi connectivity index (χ1v) is 9.20. The third-order valence-electron chi connectivity index (χ3n) is 5.07. The van der Waals surface area contributed by atoms with Gasteiger partial charge >= 0.3 is 5.97 Å². The van der Waals surface area contributed by atoms with Crippen molar-refractivity contribution in [3.63, 3.8) is 0 Å². The number of likely N-dealkylation sites (tertiary alicyclic amines) is 1. The van der Waals surface area contributed by atoms with E-state index in [1.165, 1.54) is 0 Å². The van der Waals surface area contributed by atoms with Crippen LogP contribution in [0.5, 0.6) is 11.5 Å². The van der Waals surface area contributed by atoms with Gasteiger partial charge in [-0.05, 0) is 36.3 Å². The molecule has 142 valence electrons. The molecule has 0 aromatic heterocycles. The number of hydrogen-bond acceptors (Lipinski definition) is 5. The summed E-state index contributed by atoms with van der Waals surface area (Å²) < 4.78 is 16.1.